The molecule has 144 valence electrons. The molecular formula is C24H17Cl2NO2. The van der Waals surface area contributed by atoms with Crippen LogP contribution in [0.4, 0.5) is 5.69 Å². The summed E-state index contributed by atoms with van der Waals surface area (Å²) < 4.78 is 5.34. The summed E-state index contributed by atoms with van der Waals surface area (Å²) in [5.41, 5.74) is 3.73. The molecule has 1 aliphatic rings. The molecular weight excluding hydrogens is 405 g/mol. The topological polar surface area (TPSA) is 29.5 Å². The summed E-state index contributed by atoms with van der Waals surface area (Å²) in [5.74, 6) is 0.545. The van der Waals surface area contributed by atoms with Crippen LogP contribution in [0.25, 0.3) is 11.8 Å². The summed E-state index contributed by atoms with van der Waals surface area (Å²) >= 11 is 12.3. The molecule has 0 aliphatic carbocycles. The van der Waals surface area contributed by atoms with Crippen molar-refractivity contribution in [3.63, 3.8) is 0 Å². The lowest BCUT2D eigenvalue weighted by molar-refractivity contribution is -0.113. The fourth-order valence-corrected chi connectivity index (χ4v) is 3.69. The SMILES string of the molecule is COc1cccc(N2C(=O)/C(=C/c3ccc(Cl)cc3Cl)C=C2c2ccccc2)c1. The zero-order chi connectivity index (χ0) is 20.4. The minimum absolute atomic E-state index is 0.136. The fourth-order valence-electron chi connectivity index (χ4n) is 3.23. The minimum Gasteiger partial charge on any atom is -0.497 e. The zero-order valence-electron chi connectivity index (χ0n) is 15.6. The predicted octanol–water partition coefficient (Wildman–Crippen LogP) is 6.47. The molecule has 1 amide bonds. The van der Waals surface area contributed by atoms with Crippen LogP contribution in [0.2, 0.25) is 10.0 Å². The molecule has 29 heavy (non-hydrogen) atoms. The van der Waals surface area contributed by atoms with E-state index < -0.39 is 0 Å². The Morgan fingerprint density at radius 2 is 1.72 bits per heavy atom. The Balaban J connectivity index is 1.83. The first-order valence-corrected chi connectivity index (χ1v) is 9.75. The van der Waals surface area contributed by atoms with E-state index in [1.165, 1.54) is 0 Å². The number of carbonyl (C=O) groups is 1. The summed E-state index contributed by atoms with van der Waals surface area (Å²) in [7, 11) is 1.60. The lowest BCUT2D eigenvalue weighted by atomic mass is 10.1. The van der Waals surface area contributed by atoms with Crippen molar-refractivity contribution in [3.05, 3.63) is 106 Å². The van der Waals surface area contributed by atoms with E-state index >= 15 is 0 Å². The van der Waals surface area contributed by atoms with Gasteiger partial charge in [-0.15, -0.1) is 0 Å². The second kappa shape index (κ2) is 8.16. The van der Waals surface area contributed by atoms with Gasteiger partial charge in [0.25, 0.3) is 5.91 Å². The van der Waals surface area contributed by atoms with E-state index in [9.17, 15) is 4.79 Å². The van der Waals surface area contributed by atoms with Gasteiger partial charge in [0, 0.05) is 21.7 Å². The summed E-state index contributed by atoms with van der Waals surface area (Å²) in [6.07, 6.45) is 3.66. The molecule has 0 spiro atoms. The first-order valence-electron chi connectivity index (χ1n) is 8.99. The second-order valence-electron chi connectivity index (χ2n) is 6.50. The number of amides is 1. The van der Waals surface area contributed by atoms with Crippen LogP contribution in [0, 0.1) is 0 Å². The molecule has 0 saturated heterocycles. The van der Waals surface area contributed by atoms with Crippen LogP contribution in [0.1, 0.15) is 11.1 Å². The van der Waals surface area contributed by atoms with Crippen molar-refractivity contribution in [1.82, 2.24) is 0 Å². The van der Waals surface area contributed by atoms with Crippen LogP contribution >= 0.6 is 23.2 Å². The maximum Gasteiger partial charge on any atom is 0.262 e. The maximum absolute atomic E-state index is 13.4. The van der Waals surface area contributed by atoms with Gasteiger partial charge in [-0.2, -0.15) is 0 Å². The molecule has 0 fully saturated rings. The van der Waals surface area contributed by atoms with Gasteiger partial charge in [-0.05, 0) is 47.5 Å². The van der Waals surface area contributed by atoms with Crippen molar-refractivity contribution in [2.45, 2.75) is 0 Å². The largest absolute Gasteiger partial charge is 0.497 e. The Labute approximate surface area is 179 Å². The highest BCUT2D eigenvalue weighted by molar-refractivity contribution is 6.35. The van der Waals surface area contributed by atoms with Crippen LogP contribution in [0.15, 0.2) is 84.4 Å². The third-order valence-corrected chi connectivity index (χ3v) is 5.20. The number of anilines is 1. The summed E-state index contributed by atoms with van der Waals surface area (Å²) in [4.78, 5) is 15.1. The molecule has 0 bridgehead atoms. The van der Waals surface area contributed by atoms with Gasteiger partial charge in [-0.25, -0.2) is 0 Å². The normalized spacial score (nSPS) is 15.0. The Kier molecular flexibility index (Phi) is 5.43. The van der Waals surface area contributed by atoms with Gasteiger partial charge in [0.05, 0.1) is 18.5 Å². The number of methoxy groups -OCH3 is 1. The van der Waals surface area contributed by atoms with E-state index in [2.05, 4.69) is 0 Å². The highest BCUT2D eigenvalue weighted by Crippen LogP contribution is 2.37. The number of hydrogen-bond donors (Lipinski definition) is 0. The van der Waals surface area contributed by atoms with E-state index in [0.29, 0.717) is 21.4 Å². The number of rotatable bonds is 4. The van der Waals surface area contributed by atoms with Gasteiger partial charge in [-0.3, -0.25) is 9.69 Å². The lowest BCUT2D eigenvalue weighted by Gasteiger charge is -2.21. The number of nitrogens with zero attached hydrogens (tertiary/aromatic N) is 1. The predicted molar refractivity (Wildman–Crippen MR) is 119 cm³/mol. The quantitative estimate of drug-likeness (QED) is 0.451. The molecule has 3 aromatic rings. The average Bonchev–Trinajstić information content (AvgIpc) is 3.07. The molecule has 3 nitrogen and oxygen atoms in total. The molecule has 0 aromatic heterocycles. The van der Waals surface area contributed by atoms with Crippen LogP contribution < -0.4 is 9.64 Å². The molecule has 0 atom stereocenters. The van der Waals surface area contributed by atoms with Gasteiger partial charge >= 0.3 is 0 Å². The molecule has 0 saturated carbocycles. The Bertz CT molecular complexity index is 1140. The molecule has 5 heteroatoms. The number of ether oxygens (including phenoxy) is 1. The zero-order valence-corrected chi connectivity index (χ0v) is 17.1. The van der Waals surface area contributed by atoms with Crippen molar-refractivity contribution in [1.29, 1.82) is 0 Å². The molecule has 1 heterocycles. The standard InChI is InChI=1S/C24H17Cl2NO2/c1-29-21-9-5-8-20(15-21)27-23(16-6-3-2-4-7-16)13-18(24(27)28)12-17-10-11-19(25)14-22(17)26/h2-15H,1H3/b18-12+. The van der Waals surface area contributed by atoms with Gasteiger partial charge < -0.3 is 4.74 Å². The summed E-state index contributed by atoms with van der Waals surface area (Å²) in [6, 6.07) is 22.4. The number of hydrogen-bond acceptors (Lipinski definition) is 2. The highest BCUT2D eigenvalue weighted by atomic mass is 35.5. The Morgan fingerprint density at radius 1 is 0.931 bits per heavy atom. The first kappa shape index (κ1) is 19.3. The summed E-state index contributed by atoms with van der Waals surface area (Å²) in [5, 5.41) is 1.04. The highest BCUT2D eigenvalue weighted by Gasteiger charge is 2.30. The van der Waals surface area contributed by atoms with Crippen LogP contribution in [0.5, 0.6) is 5.75 Å². The maximum atomic E-state index is 13.4. The monoisotopic (exact) mass is 421 g/mol. The van der Waals surface area contributed by atoms with Crippen molar-refractivity contribution in [2.24, 2.45) is 0 Å². The van der Waals surface area contributed by atoms with E-state index in [-0.39, 0.29) is 5.91 Å². The molecule has 0 unspecified atom stereocenters. The van der Waals surface area contributed by atoms with Crippen LogP contribution in [-0.2, 0) is 4.79 Å². The molecule has 3 aromatic carbocycles. The van der Waals surface area contributed by atoms with Crippen molar-refractivity contribution in [2.75, 3.05) is 12.0 Å². The van der Waals surface area contributed by atoms with Gasteiger partial charge in [-0.1, -0.05) is 65.7 Å². The smallest absolute Gasteiger partial charge is 0.262 e. The van der Waals surface area contributed by atoms with Crippen molar-refractivity contribution in [3.8, 4) is 5.75 Å². The van der Waals surface area contributed by atoms with Crippen LogP contribution in [0.3, 0.4) is 0 Å². The van der Waals surface area contributed by atoms with Crippen molar-refractivity contribution >= 4 is 46.6 Å². The lowest BCUT2D eigenvalue weighted by Crippen LogP contribution is -2.24. The number of benzene rings is 3. The minimum atomic E-state index is -0.136. The van der Waals surface area contributed by atoms with Crippen LogP contribution in [-0.4, -0.2) is 13.0 Å². The first-order chi connectivity index (χ1) is 14.1. The second-order valence-corrected chi connectivity index (χ2v) is 7.35. The third kappa shape index (κ3) is 3.93. The van der Waals surface area contributed by atoms with Crippen molar-refractivity contribution < 1.29 is 9.53 Å². The number of halogens is 2. The Morgan fingerprint density at radius 3 is 2.45 bits per heavy atom. The molecule has 0 N–H and O–H groups in total. The van der Waals surface area contributed by atoms with Gasteiger partial charge in [0.15, 0.2) is 0 Å². The van der Waals surface area contributed by atoms with E-state index in [1.54, 1.807) is 36.3 Å². The third-order valence-electron chi connectivity index (χ3n) is 4.64. The molecule has 0 radical (unpaired) electrons. The molecule has 1 aliphatic heterocycles. The molecule has 4 rings (SSSR count). The van der Waals surface area contributed by atoms with E-state index in [1.807, 2.05) is 60.7 Å². The Hall–Kier alpha value is -3.01. The average molecular weight is 422 g/mol. The van der Waals surface area contributed by atoms with Gasteiger partial charge in [0.2, 0.25) is 0 Å². The number of carbonyl (C=O) groups excluding carboxylic acids is 1. The van der Waals surface area contributed by atoms with Gasteiger partial charge in [0.1, 0.15) is 5.75 Å². The fraction of sp³-hybridized carbons (Fsp3) is 0.0417. The summed E-state index contributed by atoms with van der Waals surface area (Å²) in [6.45, 7) is 0. The van der Waals surface area contributed by atoms with E-state index in [4.69, 9.17) is 27.9 Å². The van der Waals surface area contributed by atoms with E-state index in [0.717, 1.165) is 22.5 Å².